The van der Waals surface area contributed by atoms with Crippen molar-refractivity contribution in [2.45, 2.75) is 33.9 Å². The standard InChI is InChI=1S/C8H10INO3S/c1-8(2)4(7(12)13)10-5(11)3(9)6(10)14-8/h3-4,6H,1-2H3,(H,12,13)/t3-,4?,6?/m1/s1. The van der Waals surface area contributed by atoms with Crippen LogP contribution in [0.1, 0.15) is 13.8 Å². The number of aliphatic carboxylic acids is 1. The fraction of sp³-hybridized carbons (Fsp3) is 0.750. The molecule has 0 aromatic rings. The molecule has 0 spiro atoms. The minimum Gasteiger partial charge on any atom is -0.480 e. The van der Waals surface area contributed by atoms with Crippen molar-refractivity contribution in [2.75, 3.05) is 0 Å². The lowest BCUT2D eigenvalue weighted by atomic mass is 9.98. The molecular formula is C8H10INO3S. The van der Waals surface area contributed by atoms with Gasteiger partial charge in [0.15, 0.2) is 0 Å². The molecule has 2 saturated heterocycles. The molecule has 0 aliphatic carbocycles. The molecular weight excluding hydrogens is 317 g/mol. The number of rotatable bonds is 1. The van der Waals surface area contributed by atoms with Gasteiger partial charge in [-0.1, -0.05) is 22.6 Å². The summed E-state index contributed by atoms with van der Waals surface area (Å²) in [4.78, 5) is 24.0. The van der Waals surface area contributed by atoms with Crippen LogP contribution in [0.25, 0.3) is 0 Å². The number of thioether (sulfide) groups is 1. The maximum absolute atomic E-state index is 11.5. The summed E-state index contributed by atoms with van der Waals surface area (Å²) in [5.74, 6) is -0.942. The van der Waals surface area contributed by atoms with Crippen LogP contribution in [-0.2, 0) is 9.59 Å². The van der Waals surface area contributed by atoms with Crippen LogP contribution in [0.4, 0.5) is 0 Å². The van der Waals surface area contributed by atoms with Gasteiger partial charge in [-0.3, -0.25) is 4.79 Å². The number of carbonyl (C=O) groups excluding carboxylic acids is 1. The molecule has 0 bridgehead atoms. The molecule has 6 heteroatoms. The van der Waals surface area contributed by atoms with Crippen molar-refractivity contribution < 1.29 is 14.7 Å². The first-order chi connectivity index (χ1) is 6.36. The van der Waals surface area contributed by atoms with E-state index in [-0.39, 0.29) is 20.0 Å². The summed E-state index contributed by atoms with van der Waals surface area (Å²) in [5.41, 5.74) is 0. The SMILES string of the molecule is CC1(C)SC2[C@H](I)C(=O)N2C1C(=O)O. The second-order valence-corrected chi connectivity index (χ2v) is 7.11. The van der Waals surface area contributed by atoms with Crippen molar-refractivity contribution >= 4 is 46.2 Å². The Balaban J connectivity index is 2.32. The van der Waals surface area contributed by atoms with Crippen molar-refractivity contribution in [3.8, 4) is 0 Å². The Morgan fingerprint density at radius 3 is 2.71 bits per heavy atom. The van der Waals surface area contributed by atoms with Crippen molar-refractivity contribution in [2.24, 2.45) is 0 Å². The number of carboxylic acids is 1. The number of hydrogen-bond acceptors (Lipinski definition) is 3. The van der Waals surface area contributed by atoms with Crippen LogP contribution >= 0.6 is 34.4 Å². The Bertz CT molecular complexity index is 320. The van der Waals surface area contributed by atoms with E-state index in [2.05, 4.69) is 22.6 Å². The summed E-state index contributed by atoms with van der Waals surface area (Å²) in [6, 6.07) is -0.670. The van der Waals surface area contributed by atoms with Gasteiger partial charge in [-0.2, -0.15) is 0 Å². The maximum Gasteiger partial charge on any atom is 0.327 e. The van der Waals surface area contributed by atoms with E-state index in [1.54, 1.807) is 11.8 Å². The summed E-state index contributed by atoms with van der Waals surface area (Å²) in [7, 11) is 0. The van der Waals surface area contributed by atoms with E-state index in [0.717, 1.165) is 0 Å². The van der Waals surface area contributed by atoms with Crippen LogP contribution in [-0.4, -0.2) is 42.0 Å². The first-order valence-corrected chi connectivity index (χ1v) is 6.35. The van der Waals surface area contributed by atoms with E-state index in [0.29, 0.717) is 0 Å². The molecule has 78 valence electrons. The first kappa shape index (κ1) is 10.5. The molecule has 0 saturated carbocycles. The largest absolute Gasteiger partial charge is 0.480 e. The zero-order valence-corrected chi connectivity index (χ0v) is 10.7. The van der Waals surface area contributed by atoms with E-state index in [9.17, 15) is 9.59 Å². The highest BCUT2D eigenvalue weighted by Crippen LogP contribution is 2.52. The summed E-state index contributed by atoms with van der Waals surface area (Å²) in [6.45, 7) is 3.76. The topological polar surface area (TPSA) is 57.6 Å². The number of amides is 1. The van der Waals surface area contributed by atoms with Crippen molar-refractivity contribution in [1.82, 2.24) is 4.90 Å². The molecule has 2 aliphatic heterocycles. The van der Waals surface area contributed by atoms with Crippen molar-refractivity contribution in [3.63, 3.8) is 0 Å². The molecule has 3 atom stereocenters. The number of nitrogens with zero attached hydrogens (tertiary/aromatic N) is 1. The zero-order chi connectivity index (χ0) is 10.7. The summed E-state index contributed by atoms with van der Waals surface area (Å²) in [5, 5.41) is 9.12. The number of carbonyl (C=O) groups is 2. The van der Waals surface area contributed by atoms with Crippen LogP contribution in [0.3, 0.4) is 0 Å². The van der Waals surface area contributed by atoms with Gasteiger partial charge in [0.05, 0.1) is 0 Å². The zero-order valence-electron chi connectivity index (χ0n) is 7.73. The summed E-state index contributed by atoms with van der Waals surface area (Å²) < 4.78 is -0.437. The molecule has 0 radical (unpaired) electrons. The number of carboxylic acid groups (broad SMARTS) is 1. The van der Waals surface area contributed by atoms with Crippen LogP contribution in [0.5, 0.6) is 0 Å². The number of hydrogen-bond donors (Lipinski definition) is 1. The van der Waals surface area contributed by atoms with Crippen LogP contribution < -0.4 is 0 Å². The van der Waals surface area contributed by atoms with E-state index in [1.165, 1.54) is 4.90 Å². The van der Waals surface area contributed by atoms with Gasteiger partial charge in [-0.15, -0.1) is 11.8 Å². The molecule has 2 heterocycles. The Morgan fingerprint density at radius 1 is 1.64 bits per heavy atom. The average molecular weight is 327 g/mol. The van der Waals surface area contributed by atoms with Crippen molar-refractivity contribution in [1.29, 1.82) is 0 Å². The Morgan fingerprint density at radius 2 is 2.21 bits per heavy atom. The molecule has 2 aliphatic rings. The van der Waals surface area contributed by atoms with E-state index >= 15 is 0 Å². The van der Waals surface area contributed by atoms with Crippen LogP contribution in [0.2, 0.25) is 0 Å². The fourth-order valence-electron chi connectivity index (χ4n) is 1.97. The smallest absolute Gasteiger partial charge is 0.327 e. The number of halogens is 1. The summed E-state index contributed by atoms with van der Waals surface area (Å²) in [6.07, 6.45) is 0. The van der Waals surface area contributed by atoms with Crippen LogP contribution in [0.15, 0.2) is 0 Å². The van der Waals surface area contributed by atoms with Gasteiger partial charge in [-0.25, -0.2) is 4.79 Å². The normalized spacial score (nSPS) is 39.2. The lowest BCUT2D eigenvalue weighted by molar-refractivity contribution is -0.156. The van der Waals surface area contributed by atoms with Gasteiger partial charge < -0.3 is 10.0 Å². The minimum absolute atomic E-state index is 0.0407. The third-order valence-corrected chi connectivity index (χ3v) is 5.88. The molecule has 0 aromatic carbocycles. The highest BCUT2D eigenvalue weighted by atomic mass is 127. The maximum atomic E-state index is 11.5. The molecule has 1 amide bonds. The third-order valence-electron chi connectivity index (χ3n) is 2.61. The van der Waals surface area contributed by atoms with Crippen molar-refractivity contribution in [3.05, 3.63) is 0 Å². The fourth-order valence-corrected chi connectivity index (χ4v) is 4.62. The predicted molar refractivity (Wildman–Crippen MR) is 61.5 cm³/mol. The highest BCUT2D eigenvalue weighted by molar-refractivity contribution is 14.1. The Kier molecular flexibility index (Phi) is 2.26. The lowest BCUT2D eigenvalue weighted by Crippen LogP contribution is -2.63. The summed E-state index contributed by atoms with van der Waals surface area (Å²) >= 11 is 3.66. The van der Waals surface area contributed by atoms with Crippen LogP contribution in [0, 0.1) is 0 Å². The predicted octanol–water partition coefficient (Wildman–Crippen LogP) is 0.937. The molecule has 4 nitrogen and oxygen atoms in total. The average Bonchev–Trinajstić information content (AvgIpc) is 2.34. The number of fused-ring (bicyclic) bond motifs is 1. The minimum atomic E-state index is -0.901. The quantitative estimate of drug-likeness (QED) is 0.442. The molecule has 2 fully saturated rings. The van der Waals surface area contributed by atoms with E-state index in [1.807, 2.05) is 13.8 Å². The van der Waals surface area contributed by atoms with Gasteiger partial charge in [0, 0.05) is 4.75 Å². The van der Waals surface area contributed by atoms with Gasteiger partial charge >= 0.3 is 5.97 Å². The van der Waals surface area contributed by atoms with E-state index in [4.69, 9.17) is 5.11 Å². The second-order valence-electron chi connectivity index (χ2n) is 4.00. The molecule has 14 heavy (non-hydrogen) atoms. The molecule has 1 N–H and O–H groups in total. The van der Waals surface area contributed by atoms with Gasteiger partial charge in [-0.05, 0) is 13.8 Å². The molecule has 2 unspecified atom stereocenters. The number of β-lactam (4-membered cyclic amide) rings is 1. The Hall–Kier alpha value is 0.0200. The second kappa shape index (κ2) is 3.01. The monoisotopic (exact) mass is 327 g/mol. The number of alkyl halides is 1. The van der Waals surface area contributed by atoms with Gasteiger partial charge in [0.1, 0.15) is 15.3 Å². The van der Waals surface area contributed by atoms with E-state index < -0.39 is 12.0 Å². The molecule has 0 aromatic heterocycles. The van der Waals surface area contributed by atoms with Gasteiger partial charge in [0.25, 0.3) is 0 Å². The highest BCUT2D eigenvalue weighted by Gasteiger charge is 2.62. The molecule has 2 rings (SSSR count). The lowest BCUT2D eigenvalue weighted by Gasteiger charge is -2.40. The third kappa shape index (κ3) is 1.19. The Labute approximate surface area is 99.5 Å². The van der Waals surface area contributed by atoms with Gasteiger partial charge in [0.2, 0.25) is 5.91 Å². The first-order valence-electron chi connectivity index (χ1n) is 4.23.